The van der Waals surface area contributed by atoms with Gasteiger partial charge < -0.3 is 5.11 Å². The van der Waals surface area contributed by atoms with Crippen molar-refractivity contribution in [2.45, 2.75) is 5.60 Å². The second-order valence-corrected chi connectivity index (χ2v) is 8.13. The zero-order valence-electron chi connectivity index (χ0n) is 18.6. The molecule has 0 fully saturated rings. The smallest absolute Gasteiger partial charge is 0.139 e. The molecule has 5 aromatic carbocycles. The Hall–Kier alpha value is -2.81. The van der Waals surface area contributed by atoms with Crippen molar-refractivity contribution < 1.29 is 42.8 Å². The van der Waals surface area contributed by atoms with Crippen LogP contribution in [0.3, 0.4) is 0 Å². The largest absolute Gasteiger partial charge is 0.376 e. The first kappa shape index (κ1) is 24.3. The number of hydrogen-bond donors (Lipinski definition) is 1. The molecule has 5 rings (SSSR count). The second kappa shape index (κ2) is 11.1. The van der Waals surface area contributed by atoms with Crippen LogP contribution in [0.25, 0.3) is 0 Å². The van der Waals surface area contributed by atoms with Crippen LogP contribution in [0.2, 0.25) is 0 Å². The minimum absolute atomic E-state index is 0. The Kier molecular flexibility index (Phi) is 7.92. The molecule has 1 N–H and O–H groups in total. The van der Waals surface area contributed by atoms with Gasteiger partial charge in [-0.05, 0) is 16.7 Å². The van der Waals surface area contributed by atoms with Crippen LogP contribution in [-0.2, 0) is 5.60 Å². The molecule has 171 valence electrons. The molecule has 0 aliphatic rings. The van der Waals surface area contributed by atoms with Gasteiger partial charge in [0.1, 0.15) is 5.60 Å². The molecule has 0 aromatic heterocycles. The third-order valence-corrected chi connectivity index (χ3v) is 6.10. The van der Waals surface area contributed by atoms with Crippen LogP contribution >= 0.6 is 0 Å². The van der Waals surface area contributed by atoms with Crippen LogP contribution in [0.1, 0.15) is 33.4 Å². The van der Waals surface area contributed by atoms with Gasteiger partial charge in [-0.25, -0.2) is 0 Å². The molecule has 0 unspecified atom stereocenters. The fraction of sp³-hybridized carbons (Fsp3) is 0.0312. The molecule has 1 nitrogen and oxygen atoms in total. The third kappa shape index (κ3) is 4.85. The minimum Gasteiger partial charge on any atom is -0.376 e. The van der Waals surface area contributed by atoms with Crippen molar-refractivity contribution >= 4 is 0 Å². The number of benzene rings is 5. The van der Waals surface area contributed by atoms with E-state index in [4.69, 9.17) is 0 Å². The molecule has 0 amide bonds. The Bertz CT molecular complexity index is 1210. The van der Waals surface area contributed by atoms with E-state index in [0.717, 1.165) is 33.4 Å². The van der Waals surface area contributed by atoms with Crippen molar-refractivity contribution in [3.8, 4) is 0 Å². The van der Waals surface area contributed by atoms with Crippen LogP contribution in [0.5, 0.6) is 0 Å². The fourth-order valence-corrected chi connectivity index (χ4v) is 4.45. The fourth-order valence-electron chi connectivity index (χ4n) is 4.45. The minimum atomic E-state index is -1.24. The summed E-state index contributed by atoms with van der Waals surface area (Å²) >= 11 is 0. The van der Waals surface area contributed by atoms with E-state index >= 15 is 0 Å². The Morgan fingerprint density at radius 2 is 0.676 bits per heavy atom. The monoisotopic (exact) mass is 590 g/mol. The van der Waals surface area contributed by atoms with Gasteiger partial charge in [-0.3, -0.25) is 0 Å². The predicted molar refractivity (Wildman–Crippen MR) is 135 cm³/mol. The van der Waals surface area contributed by atoms with Crippen molar-refractivity contribution in [3.05, 3.63) is 185 Å². The Labute approximate surface area is 231 Å². The molecule has 1 radical (unpaired) electrons. The van der Waals surface area contributed by atoms with E-state index in [2.05, 4.69) is 60.7 Å². The van der Waals surface area contributed by atoms with Gasteiger partial charge in [0.05, 0.1) is 0 Å². The summed E-state index contributed by atoms with van der Waals surface area (Å²) in [6.45, 7) is 0. The van der Waals surface area contributed by atoms with Crippen molar-refractivity contribution in [3.63, 3.8) is 0 Å². The van der Waals surface area contributed by atoms with Crippen LogP contribution in [0.15, 0.2) is 146 Å². The summed E-state index contributed by atoms with van der Waals surface area (Å²) in [4.78, 5) is 0. The van der Waals surface area contributed by atoms with Crippen LogP contribution in [0, 0.1) is 43.7 Å². The molecule has 0 saturated carbocycles. The van der Waals surface area contributed by atoms with E-state index in [-0.39, 0.29) is 37.7 Å². The zero-order chi connectivity index (χ0) is 22.5. The van der Waals surface area contributed by atoms with Gasteiger partial charge in [-0.15, -0.1) is 0 Å². The van der Waals surface area contributed by atoms with Crippen molar-refractivity contribution in [2.24, 2.45) is 0 Å². The van der Waals surface area contributed by atoms with E-state index in [1.165, 1.54) is 5.92 Å². The van der Waals surface area contributed by atoms with E-state index in [1.807, 2.05) is 84.9 Å². The topological polar surface area (TPSA) is 20.2 Å². The maximum Gasteiger partial charge on any atom is 0.139 e. The van der Waals surface area contributed by atoms with E-state index in [9.17, 15) is 5.11 Å². The average molecular weight is 590 g/mol. The SMILES string of the molecule is OC(c1ccccc1)(c1ccccc1)c1ccc([C-](c2ccccc2)c2ccccc2)cc1.[Ho]. The Morgan fingerprint density at radius 3 is 1.06 bits per heavy atom. The van der Waals surface area contributed by atoms with Crippen molar-refractivity contribution in [1.82, 2.24) is 0 Å². The number of hydrogen-bond acceptors (Lipinski definition) is 1. The number of aliphatic hydroxyl groups is 1. The van der Waals surface area contributed by atoms with Gasteiger partial charge in [-0.1, -0.05) is 168 Å². The van der Waals surface area contributed by atoms with Crippen LogP contribution < -0.4 is 0 Å². The van der Waals surface area contributed by atoms with Crippen molar-refractivity contribution in [2.75, 3.05) is 0 Å². The van der Waals surface area contributed by atoms with Gasteiger partial charge in [-0.2, -0.15) is 0 Å². The molecule has 0 bridgehead atoms. The number of rotatable bonds is 6. The second-order valence-electron chi connectivity index (χ2n) is 8.13. The van der Waals surface area contributed by atoms with E-state index < -0.39 is 5.60 Å². The quantitative estimate of drug-likeness (QED) is 0.129. The van der Waals surface area contributed by atoms with Gasteiger partial charge in [0.2, 0.25) is 0 Å². The Morgan fingerprint density at radius 1 is 0.382 bits per heavy atom. The molecular weight excluding hydrogens is 565 g/mol. The Balaban J connectivity index is 0.00000274. The molecule has 0 aliphatic heterocycles. The molecule has 34 heavy (non-hydrogen) atoms. The molecule has 2 heteroatoms. The van der Waals surface area contributed by atoms with E-state index in [0.29, 0.717) is 0 Å². The summed E-state index contributed by atoms with van der Waals surface area (Å²) in [7, 11) is 0. The van der Waals surface area contributed by atoms with E-state index in [1.54, 1.807) is 0 Å². The molecule has 5 aromatic rings. The predicted octanol–water partition coefficient (Wildman–Crippen LogP) is 6.99. The zero-order valence-corrected chi connectivity index (χ0v) is 20.5. The average Bonchev–Trinajstić information content (AvgIpc) is 2.91. The van der Waals surface area contributed by atoms with Gasteiger partial charge in [0, 0.05) is 37.7 Å². The van der Waals surface area contributed by atoms with Gasteiger partial charge in [0.25, 0.3) is 0 Å². The molecule has 0 atom stereocenters. The first-order valence-corrected chi connectivity index (χ1v) is 11.2. The summed E-state index contributed by atoms with van der Waals surface area (Å²) in [5.41, 5.74) is 4.73. The molecular formula is C32H25HoO-. The van der Waals surface area contributed by atoms with Crippen molar-refractivity contribution in [1.29, 1.82) is 0 Å². The molecule has 0 spiro atoms. The van der Waals surface area contributed by atoms with Crippen LogP contribution in [-0.4, -0.2) is 5.11 Å². The normalized spacial score (nSPS) is 10.9. The third-order valence-electron chi connectivity index (χ3n) is 6.10. The molecule has 0 saturated heterocycles. The first-order valence-electron chi connectivity index (χ1n) is 11.2. The summed E-state index contributed by atoms with van der Waals surface area (Å²) < 4.78 is 0. The van der Waals surface area contributed by atoms with Crippen LogP contribution in [0.4, 0.5) is 0 Å². The molecule has 0 heterocycles. The van der Waals surface area contributed by atoms with Gasteiger partial charge in [0.15, 0.2) is 0 Å². The summed E-state index contributed by atoms with van der Waals surface area (Å²) in [5, 5.41) is 12.1. The summed E-state index contributed by atoms with van der Waals surface area (Å²) in [6, 6.07) is 48.9. The molecule has 0 aliphatic carbocycles. The maximum absolute atomic E-state index is 12.1. The maximum atomic E-state index is 12.1. The van der Waals surface area contributed by atoms with Gasteiger partial charge >= 0.3 is 0 Å². The standard InChI is InChI=1S/C32H25O.Ho/c33-32(28-17-9-3-10-18-28,29-19-11-4-12-20-29)30-23-21-27(22-24-30)31(25-13-5-1-6-14-25)26-15-7-2-8-16-26;/h1-24,33H;/q-1;. The first-order chi connectivity index (χ1) is 16.3. The summed E-state index contributed by atoms with van der Waals surface area (Å²) in [5.74, 6) is 1.17. The summed E-state index contributed by atoms with van der Waals surface area (Å²) in [6.07, 6.45) is 0.